The number of fused-ring (bicyclic) bond motifs is 2. The maximum Gasteiger partial charge on any atom is 0.224 e. The van der Waals surface area contributed by atoms with Gasteiger partial charge in [-0.1, -0.05) is 38.1 Å². The van der Waals surface area contributed by atoms with E-state index in [1.165, 1.54) is 0 Å². The van der Waals surface area contributed by atoms with Crippen molar-refractivity contribution in [1.29, 1.82) is 0 Å². The molecule has 3 aromatic rings. The minimum Gasteiger partial charge on any atom is -0.387 e. The number of nitrogens with zero attached hydrogens (tertiary/aromatic N) is 3. The van der Waals surface area contributed by atoms with Gasteiger partial charge in [0.2, 0.25) is 5.91 Å². The molecular formula is C30H30N8O. The van der Waals surface area contributed by atoms with Gasteiger partial charge in [0.1, 0.15) is 12.4 Å². The SMILES string of the molecule is CC(C)CC(=O)Nc1cncc(-c2ccc3c(c2)C(c2nc4c([nH]2)C(C2=CNCC=C2)=CC=CN4)=NCN3)c1. The van der Waals surface area contributed by atoms with E-state index in [-0.39, 0.29) is 11.8 Å². The quantitative estimate of drug-likeness (QED) is 0.312. The van der Waals surface area contributed by atoms with Crippen molar-refractivity contribution in [1.82, 2.24) is 20.3 Å². The number of amides is 1. The van der Waals surface area contributed by atoms with E-state index < -0.39 is 0 Å². The monoisotopic (exact) mass is 518 g/mol. The summed E-state index contributed by atoms with van der Waals surface area (Å²) >= 11 is 0. The fourth-order valence-electron chi connectivity index (χ4n) is 4.83. The number of imidazole rings is 1. The predicted molar refractivity (Wildman–Crippen MR) is 156 cm³/mol. The summed E-state index contributed by atoms with van der Waals surface area (Å²) in [6, 6.07) is 8.13. The Bertz CT molecular complexity index is 1590. The number of anilines is 3. The Balaban J connectivity index is 1.33. The molecule has 5 heterocycles. The number of carbonyl (C=O) groups excluding carboxylic acids is 1. The normalized spacial score (nSPS) is 15.5. The number of hydrogen-bond acceptors (Lipinski definition) is 7. The molecule has 0 bridgehead atoms. The van der Waals surface area contributed by atoms with E-state index in [0.717, 1.165) is 57.3 Å². The van der Waals surface area contributed by atoms with Crippen LogP contribution in [0.15, 0.2) is 83.9 Å². The van der Waals surface area contributed by atoms with Crippen LogP contribution in [0.25, 0.3) is 16.7 Å². The second-order valence-corrected chi connectivity index (χ2v) is 10.0. The molecule has 2 aromatic heterocycles. The molecule has 0 unspecified atom stereocenters. The van der Waals surface area contributed by atoms with Crippen LogP contribution in [-0.2, 0) is 4.79 Å². The summed E-state index contributed by atoms with van der Waals surface area (Å²) in [4.78, 5) is 29.9. The van der Waals surface area contributed by atoms with Crippen LogP contribution in [0, 0.1) is 5.92 Å². The molecule has 3 aliphatic heterocycles. The van der Waals surface area contributed by atoms with E-state index in [4.69, 9.17) is 9.98 Å². The van der Waals surface area contributed by atoms with Gasteiger partial charge >= 0.3 is 0 Å². The van der Waals surface area contributed by atoms with Gasteiger partial charge in [-0.3, -0.25) is 14.8 Å². The second-order valence-electron chi connectivity index (χ2n) is 10.0. The number of allylic oxidation sites excluding steroid dienone is 5. The predicted octanol–water partition coefficient (Wildman–Crippen LogP) is 5.04. The highest BCUT2D eigenvalue weighted by atomic mass is 16.1. The first-order valence-corrected chi connectivity index (χ1v) is 13.1. The molecule has 0 radical (unpaired) electrons. The Morgan fingerprint density at radius 1 is 1.15 bits per heavy atom. The van der Waals surface area contributed by atoms with Crippen molar-refractivity contribution in [3.05, 3.63) is 96.0 Å². The highest BCUT2D eigenvalue weighted by Crippen LogP contribution is 2.34. The number of nitrogens with one attached hydrogen (secondary N) is 5. The first-order valence-electron chi connectivity index (χ1n) is 13.1. The Morgan fingerprint density at radius 2 is 2.08 bits per heavy atom. The molecular weight excluding hydrogens is 488 g/mol. The second kappa shape index (κ2) is 10.4. The highest BCUT2D eigenvalue weighted by molar-refractivity contribution is 6.16. The Hall–Kier alpha value is -4.92. The van der Waals surface area contributed by atoms with Crippen LogP contribution in [0.3, 0.4) is 0 Å². The highest BCUT2D eigenvalue weighted by Gasteiger charge is 2.24. The first-order chi connectivity index (χ1) is 19.0. The number of aromatic amines is 1. The molecule has 9 heteroatoms. The largest absolute Gasteiger partial charge is 0.387 e. The molecule has 0 saturated heterocycles. The average Bonchev–Trinajstić information content (AvgIpc) is 3.26. The zero-order valence-corrected chi connectivity index (χ0v) is 21.9. The molecule has 3 aliphatic rings. The minimum atomic E-state index is -0.0160. The summed E-state index contributed by atoms with van der Waals surface area (Å²) in [6.45, 7) is 5.32. The standard InChI is InChI=1S/C30H30N8O/c1-18(2)11-26(39)36-22-12-21(15-32-16-22)19-7-8-25-24(13-19)27(35-17-34-25)30-37-28-23(20-5-3-9-31-14-20)6-4-10-33-29(28)38-30/h3-8,10,12-16,18,31,33-34H,9,11,17H2,1-2H3,(H,36,39)(H,37,38). The number of hydrogen-bond donors (Lipinski definition) is 5. The fourth-order valence-corrected chi connectivity index (χ4v) is 4.83. The molecule has 0 saturated carbocycles. The van der Waals surface area contributed by atoms with Gasteiger partial charge < -0.3 is 26.3 Å². The van der Waals surface area contributed by atoms with Crippen LogP contribution in [0.2, 0.25) is 0 Å². The zero-order chi connectivity index (χ0) is 26.8. The van der Waals surface area contributed by atoms with E-state index >= 15 is 0 Å². The lowest BCUT2D eigenvalue weighted by Crippen LogP contribution is -2.18. The van der Waals surface area contributed by atoms with E-state index in [0.29, 0.717) is 24.6 Å². The topological polar surface area (TPSA) is 119 Å². The molecule has 1 amide bonds. The summed E-state index contributed by atoms with van der Waals surface area (Å²) < 4.78 is 0. The van der Waals surface area contributed by atoms with Crippen LogP contribution < -0.4 is 21.3 Å². The van der Waals surface area contributed by atoms with Crippen molar-refractivity contribution in [2.24, 2.45) is 10.9 Å². The van der Waals surface area contributed by atoms with E-state index in [1.807, 2.05) is 50.5 Å². The summed E-state index contributed by atoms with van der Waals surface area (Å²) in [6.07, 6.45) is 16.1. The Morgan fingerprint density at radius 3 is 2.92 bits per heavy atom. The van der Waals surface area contributed by atoms with Gasteiger partial charge in [-0.2, -0.15) is 0 Å². The molecule has 5 N–H and O–H groups in total. The third kappa shape index (κ3) is 5.11. The lowest BCUT2D eigenvalue weighted by atomic mass is 9.98. The number of pyridine rings is 1. The fraction of sp³-hybridized carbons (Fsp3) is 0.200. The van der Waals surface area contributed by atoms with E-state index in [9.17, 15) is 4.79 Å². The van der Waals surface area contributed by atoms with Gasteiger partial charge in [0.05, 0.1) is 17.6 Å². The van der Waals surface area contributed by atoms with E-state index in [2.05, 4.69) is 55.5 Å². The first kappa shape index (κ1) is 24.4. The molecule has 0 spiro atoms. The van der Waals surface area contributed by atoms with Crippen molar-refractivity contribution >= 4 is 34.4 Å². The summed E-state index contributed by atoms with van der Waals surface area (Å²) in [5.41, 5.74) is 8.28. The summed E-state index contributed by atoms with van der Waals surface area (Å²) in [7, 11) is 0. The third-order valence-corrected chi connectivity index (χ3v) is 6.61. The van der Waals surface area contributed by atoms with Gasteiger partial charge in [-0.15, -0.1) is 0 Å². The maximum atomic E-state index is 12.3. The van der Waals surface area contributed by atoms with Crippen LogP contribution in [-0.4, -0.2) is 39.8 Å². The van der Waals surface area contributed by atoms with Gasteiger partial charge in [-0.25, -0.2) is 4.98 Å². The number of aromatic nitrogens is 3. The van der Waals surface area contributed by atoms with Crippen LogP contribution in [0.1, 0.15) is 37.4 Å². The molecule has 0 atom stereocenters. The number of aliphatic imine (C=N–C) groups is 1. The van der Waals surface area contributed by atoms with Crippen LogP contribution >= 0.6 is 0 Å². The lowest BCUT2D eigenvalue weighted by molar-refractivity contribution is -0.116. The molecule has 39 heavy (non-hydrogen) atoms. The Labute approximate surface area is 227 Å². The zero-order valence-electron chi connectivity index (χ0n) is 21.9. The van der Waals surface area contributed by atoms with E-state index in [1.54, 1.807) is 12.4 Å². The number of dihydropyridines is 1. The molecule has 9 nitrogen and oxygen atoms in total. The molecule has 0 aliphatic carbocycles. The number of carbonyl (C=O) groups is 1. The van der Waals surface area contributed by atoms with Gasteiger partial charge in [0.15, 0.2) is 11.6 Å². The summed E-state index contributed by atoms with van der Waals surface area (Å²) in [5.74, 6) is 1.71. The Kier molecular flexibility index (Phi) is 6.54. The molecule has 196 valence electrons. The lowest BCUT2D eigenvalue weighted by Gasteiger charge is -2.19. The van der Waals surface area contributed by atoms with Crippen molar-refractivity contribution in [3.8, 4) is 11.1 Å². The van der Waals surface area contributed by atoms with Crippen molar-refractivity contribution in [2.75, 3.05) is 29.2 Å². The molecule has 6 rings (SSSR count). The number of H-pyrrole nitrogens is 1. The smallest absolute Gasteiger partial charge is 0.224 e. The van der Waals surface area contributed by atoms with Gasteiger partial charge in [0.25, 0.3) is 0 Å². The van der Waals surface area contributed by atoms with Crippen molar-refractivity contribution < 1.29 is 4.79 Å². The van der Waals surface area contributed by atoms with Gasteiger partial charge in [-0.05, 0) is 41.3 Å². The van der Waals surface area contributed by atoms with Crippen molar-refractivity contribution in [2.45, 2.75) is 20.3 Å². The van der Waals surface area contributed by atoms with Crippen molar-refractivity contribution in [3.63, 3.8) is 0 Å². The molecule has 1 aromatic carbocycles. The number of rotatable bonds is 6. The maximum absolute atomic E-state index is 12.3. The van der Waals surface area contributed by atoms with Gasteiger partial charge in [0, 0.05) is 53.9 Å². The third-order valence-electron chi connectivity index (χ3n) is 6.61. The number of benzene rings is 1. The average molecular weight is 519 g/mol. The minimum absolute atomic E-state index is 0.0160. The summed E-state index contributed by atoms with van der Waals surface area (Å²) in [5, 5.41) is 12.9. The van der Waals surface area contributed by atoms with Crippen LogP contribution in [0.5, 0.6) is 0 Å². The van der Waals surface area contributed by atoms with Crippen LogP contribution in [0.4, 0.5) is 17.2 Å². The molecule has 0 fully saturated rings.